The summed E-state index contributed by atoms with van der Waals surface area (Å²) in [5.41, 5.74) is 0. The van der Waals surface area contributed by atoms with Crippen LogP contribution in [0.3, 0.4) is 0 Å². The van der Waals surface area contributed by atoms with Gasteiger partial charge in [-0.15, -0.1) is 0 Å². The van der Waals surface area contributed by atoms with E-state index < -0.39 is 6.10 Å². The molecule has 6 nitrogen and oxygen atoms in total. The summed E-state index contributed by atoms with van der Waals surface area (Å²) < 4.78 is 16.8. The minimum Gasteiger partial charge on any atom is -0.462 e. The Bertz CT molecular complexity index is 1430. The third kappa shape index (κ3) is 57.2. The lowest BCUT2D eigenvalue weighted by Crippen LogP contribution is -2.30. The Morgan fingerprint density at radius 1 is 0.292 bits per heavy atom. The molecule has 0 saturated heterocycles. The van der Waals surface area contributed by atoms with Crippen LogP contribution in [-0.4, -0.2) is 37.2 Å². The van der Waals surface area contributed by atoms with Crippen LogP contribution in [0.2, 0.25) is 0 Å². The molecule has 6 heteroatoms. The predicted molar refractivity (Wildman–Crippen MR) is 311 cm³/mol. The average molecular weight is 1000 g/mol. The molecule has 0 rings (SSSR count). The van der Waals surface area contributed by atoms with Gasteiger partial charge in [0.1, 0.15) is 13.2 Å². The maximum atomic E-state index is 12.8. The van der Waals surface area contributed by atoms with E-state index in [4.69, 9.17) is 14.2 Å². The summed E-state index contributed by atoms with van der Waals surface area (Å²) in [4.78, 5) is 38.1. The molecule has 72 heavy (non-hydrogen) atoms. The topological polar surface area (TPSA) is 78.9 Å². The SMILES string of the molecule is CC/C=C\C/C=C\C/C=C\C/C=C\C/C=C\C/C=C\CCCCCCCCCCCCC(=O)OCC(COC(=O)CCCCCCC/C=C\CCCC)OC(=O)CCCCCCC/C=C\CCCCCCC. The standard InChI is InChI=1S/C66H112O6/c1-4-7-10-13-16-19-22-24-26-27-28-29-30-31-32-33-34-35-36-37-38-39-40-42-44-47-50-53-56-59-65(68)71-62-63(61-70-64(67)58-55-52-49-46-43-21-18-15-12-9-6-3)72-66(69)60-57-54-51-48-45-41-25-23-20-17-14-11-8-5-2/h7,10,15-16,18-19,23-26,28-29,31-32,34-35,63H,4-6,8-9,11-14,17,20-22,27,30,33,36-62H2,1-3H3/b10-7-,18-15-,19-16-,25-23-,26-24-,29-28-,32-31-,35-34-. The molecule has 0 saturated carbocycles. The van der Waals surface area contributed by atoms with E-state index in [0.29, 0.717) is 19.3 Å². The van der Waals surface area contributed by atoms with Crippen molar-refractivity contribution in [3.63, 3.8) is 0 Å². The molecule has 0 fully saturated rings. The number of rotatable bonds is 54. The first-order valence-corrected chi connectivity index (χ1v) is 30.2. The van der Waals surface area contributed by atoms with E-state index in [1.54, 1.807) is 0 Å². The predicted octanol–water partition coefficient (Wildman–Crippen LogP) is 20.5. The lowest BCUT2D eigenvalue weighted by Gasteiger charge is -2.18. The molecule has 0 spiro atoms. The summed E-state index contributed by atoms with van der Waals surface area (Å²) in [5.74, 6) is -0.903. The van der Waals surface area contributed by atoms with Crippen molar-refractivity contribution in [2.45, 2.75) is 290 Å². The van der Waals surface area contributed by atoms with Crippen LogP contribution in [0.15, 0.2) is 97.2 Å². The summed E-state index contributed by atoms with van der Waals surface area (Å²) in [6.07, 6.45) is 79.8. The Labute approximate surface area is 445 Å². The fourth-order valence-electron chi connectivity index (χ4n) is 8.25. The highest BCUT2D eigenvalue weighted by molar-refractivity contribution is 5.71. The minimum absolute atomic E-state index is 0.0849. The Morgan fingerprint density at radius 2 is 0.556 bits per heavy atom. The van der Waals surface area contributed by atoms with Gasteiger partial charge in [0.2, 0.25) is 0 Å². The zero-order valence-corrected chi connectivity index (χ0v) is 47.2. The van der Waals surface area contributed by atoms with Crippen LogP contribution in [0, 0.1) is 0 Å². The fourth-order valence-corrected chi connectivity index (χ4v) is 8.25. The number of unbranched alkanes of at least 4 members (excludes halogenated alkanes) is 27. The molecule has 412 valence electrons. The van der Waals surface area contributed by atoms with Gasteiger partial charge in [-0.2, -0.15) is 0 Å². The van der Waals surface area contributed by atoms with Crippen molar-refractivity contribution in [1.29, 1.82) is 0 Å². The van der Waals surface area contributed by atoms with Gasteiger partial charge in [0.25, 0.3) is 0 Å². The third-order valence-electron chi connectivity index (χ3n) is 12.8. The maximum Gasteiger partial charge on any atom is 0.306 e. The number of esters is 3. The quantitative estimate of drug-likeness (QED) is 0.0261. The molecule has 0 aliphatic carbocycles. The van der Waals surface area contributed by atoms with E-state index in [2.05, 4.69) is 118 Å². The molecule has 0 bridgehead atoms. The molecule has 0 aromatic heterocycles. The van der Waals surface area contributed by atoms with Gasteiger partial charge < -0.3 is 14.2 Å². The molecular weight excluding hydrogens is 889 g/mol. The zero-order valence-electron chi connectivity index (χ0n) is 47.2. The van der Waals surface area contributed by atoms with Gasteiger partial charge in [-0.25, -0.2) is 0 Å². The van der Waals surface area contributed by atoms with E-state index in [0.717, 1.165) is 116 Å². The smallest absolute Gasteiger partial charge is 0.306 e. The number of ether oxygens (including phenoxy) is 3. The van der Waals surface area contributed by atoms with Gasteiger partial charge in [-0.05, 0) is 116 Å². The molecule has 0 aromatic rings. The Balaban J connectivity index is 4.24. The van der Waals surface area contributed by atoms with Crippen molar-refractivity contribution in [3.05, 3.63) is 97.2 Å². The lowest BCUT2D eigenvalue weighted by atomic mass is 10.1. The van der Waals surface area contributed by atoms with Gasteiger partial charge in [-0.3, -0.25) is 14.4 Å². The number of allylic oxidation sites excluding steroid dienone is 16. The number of carbonyl (C=O) groups excluding carboxylic acids is 3. The van der Waals surface area contributed by atoms with Crippen LogP contribution < -0.4 is 0 Å². The molecule has 0 N–H and O–H groups in total. The third-order valence-corrected chi connectivity index (χ3v) is 12.8. The number of carbonyl (C=O) groups is 3. The van der Waals surface area contributed by atoms with Gasteiger partial charge in [0, 0.05) is 19.3 Å². The normalized spacial score (nSPS) is 12.8. The van der Waals surface area contributed by atoms with Gasteiger partial charge >= 0.3 is 17.9 Å². The fraction of sp³-hybridized carbons (Fsp3) is 0.712. The van der Waals surface area contributed by atoms with Crippen molar-refractivity contribution >= 4 is 17.9 Å². The highest BCUT2D eigenvalue weighted by atomic mass is 16.6. The van der Waals surface area contributed by atoms with Crippen molar-refractivity contribution in [1.82, 2.24) is 0 Å². The Morgan fingerprint density at radius 3 is 0.903 bits per heavy atom. The van der Waals surface area contributed by atoms with Crippen molar-refractivity contribution in [2.75, 3.05) is 13.2 Å². The summed E-state index contributed by atoms with van der Waals surface area (Å²) in [6.45, 7) is 6.47. The van der Waals surface area contributed by atoms with Crippen molar-refractivity contribution in [3.8, 4) is 0 Å². The van der Waals surface area contributed by atoms with Crippen LogP contribution in [0.1, 0.15) is 284 Å². The van der Waals surface area contributed by atoms with Crippen molar-refractivity contribution < 1.29 is 28.6 Å². The summed E-state index contributed by atoms with van der Waals surface area (Å²) in [6, 6.07) is 0. The molecule has 0 aliphatic heterocycles. The summed E-state index contributed by atoms with van der Waals surface area (Å²) >= 11 is 0. The van der Waals surface area contributed by atoms with E-state index in [-0.39, 0.29) is 31.1 Å². The van der Waals surface area contributed by atoms with E-state index in [1.165, 1.54) is 128 Å². The van der Waals surface area contributed by atoms with Crippen LogP contribution in [0.5, 0.6) is 0 Å². The first-order valence-electron chi connectivity index (χ1n) is 30.2. The molecule has 0 heterocycles. The first kappa shape index (κ1) is 68.3. The molecular formula is C66H112O6. The van der Waals surface area contributed by atoms with Gasteiger partial charge in [0.15, 0.2) is 6.10 Å². The molecule has 1 unspecified atom stereocenters. The molecule has 1 atom stereocenters. The highest BCUT2D eigenvalue weighted by Gasteiger charge is 2.19. The van der Waals surface area contributed by atoms with E-state index in [9.17, 15) is 14.4 Å². The summed E-state index contributed by atoms with van der Waals surface area (Å²) in [7, 11) is 0. The maximum absolute atomic E-state index is 12.8. The van der Waals surface area contributed by atoms with Gasteiger partial charge in [-0.1, -0.05) is 246 Å². The van der Waals surface area contributed by atoms with E-state index >= 15 is 0 Å². The molecule has 0 aromatic carbocycles. The van der Waals surface area contributed by atoms with E-state index in [1.807, 2.05) is 0 Å². The molecule has 0 aliphatic rings. The second kappa shape index (κ2) is 59.9. The van der Waals surface area contributed by atoms with Crippen LogP contribution in [0.25, 0.3) is 0 Å². The largest absolute Gasteiger partial charge is 0.462 e. The second-order valence-corrected chi connectivity index (χ2v) is 19.9. The summed E-state index contributed by atoms with van der Waals surface area (Å²) in [5, 5.41) is 0. The monoisotopic (exact) mass is 1000 g/mol. The Hall–Kier alpha value is -3.67. The van der Waals surface area contributed by atoms with Crippen LogP contribution >= 0.6 is 0 Å². The highest BCUT2D eigenvalue weighted by Crippen LogP contribution is 2.15. The Kier molecular flexibility index (Phi) is 56.8. The van der Waals surface area contributed by atoms with Crippen LogP contribution in [0.4, 0.5) is 0 Å². The number of hydrogen-bond donors (Lipinski definition) is 0. The average Bonchev–Trinajstić information content (AvgIpc) is 3.38. The zero-order chi connectivity index (χ0) is 52.2. The number of hydrogen-bond acceptors (Lipinski definition) is 6. The lowest BCUT2D eigenvalue weighted by molar-refractivity contribution is -0.167. The van der Waals surface area contributed by atoms with Crippen molar-refractivity contribution in [2.24, 2.45) is 0 Å². The van der Waals surface area contributed by atoms with Crippen LogP contribution in [-0.2, 0) is 28.6 Å². The molecule has 0 radical (unpaired) electrons. The minimum atomic E-state index is -0.786. The molecule has 0 amide bonds. The first-order chi connectivity index (χ1) is 35.5. The second-order valence-electron chi connectivity index (χ2n) is 19.9. The van der Waals surface area contributed by atoms with Gasteiger partial charge in [0.05, 0.1) is 0 Å².